The van der Waals surface area contributed by atoms with Gasteiger partial charge in [0.25, 0.3) is 0 Å². The summed E-state index contributed by atoms with van der Waals surface area (Å²) in [5.74, 6) is -0.359. The van der Waals surface area contributed by atoms with Gasteiger partial charge in [-0.05, 0) is 48.2 Å². The van der Waals surface area contributed by atoms with Crippen molar-refractivity contribution >= 4 is 35.1 Å². The van der Waals surface area contributed by atoms with Gasteiger partial charge in [-0.3, -0.25) is 14.9 Å². The van der Waals surface area contributed by atoms with E-state index in [1.54, 1.807) is 5.48 Å². The molecule has 0 atom stereocenters. The molecule has 2 aromatic carbocycles. The fourth-order valence-electron chi connectivity index (χ4n) is 4.21. The van der Waals surface area contributed by atoms with Crippen molar-refractivity contribution in [3.05, 3.63) is 69.7 Å². The second-order valence-corrected chi connectivity index (χ2v) is 9.33. The number of nitrogens with zero attached hydrogens (tertiary/aromatic N) is 2. The summed E-state index contributed by atoms with van der Waals surface area (Å²) in [4.78, 5) is 27.8. The number of hydrogen-bond acceptors (Lipinski definition) is 4. The summed E-state index contributed by atoms with van der Waals surface area (Å²) in [6.45, 7) is 3.44. The lowest BCUT2D eigenvalue weighted by molar-refractivity contribution is -0.129. The molecule has 0 spiro atoms. The van der Waals surface area contributed by atoms with Gasteiger partial charge in [-0.15, -0.1) is 0 Å². The van der Waals surface area contributed by atoms with Gasteiger partial charge in [0.05, 0.1) is 6.04 Å². The van der Waals surface area contributed by atoms with Crippen LogP contribution in [0.1, 0.15) is 49.3 Å². The highest BCUT2D eigenvalue weighted by atomic mass is 35.5. The summed E-state index contributed by atoms with van der Waals surface area (Å²) in [5, 5.41) is 12.9. The van der Waals surface area contributed by atoms with Gasteiger partial charge in [-0.25, -0.2) is 10.3 Å². The monoisotopic (exact) mass is 506 g/mol. The molecule has 9 heteroatoms. The molecule has 0 aliphatic carbocycles. The molecule has 0 bridgehead atoms. The van der Waals surface area contributed by atoms with Crippen molar-refractivity contribution in [2.75, 3.05) is 32.7 Å². The molecule has 0 aromatic heterocycles. The average Bonchev–Trinajstić information content (AvgIpc) is 2.86. The SMILES string of the molecule is O=C(CCCCCCNC(=O)N1CCN(C(c2ccc(Cl)cc2)c2ccc(Cl)cc2)CC1)NO. The van der Waals surface area contributed by atoms with Crippen LogP contribution in [0.2, 0.25) is 10.0 Å². The van der Waals surface area contributed by atoms with Crippen LogP contribution < -0.4 is 10.8 Å². The van der Waals surface area contributed by atoms with E-state index in [-0.39, 0.29) is 18.0 Å². The fraction of sp³-hybridized carbons (Fsp3) is 0.440. The predicted molar refractivity (Wildman–Crippen MR) is 134 cm³/mol. The van der Waals surface area contributed by atoms with Gasteiger partial charge in [0.1, 0.15) is 0 Å². The molecular weight excluding hydrogens is 475 g/mol. The minimum absolute atomic E-state index is 0.0335. The van der Waals surface area contributed by atoms with Crippen LogP contribution in [-0.4, -0.2) is 59.7 Å². The molecule has 2 aromatic rings. The Morgan fingerprint density at radius 3 is 1.88 bits per heavy atom. The van der Waals surface area contributed by atoms with Gasteiger partial charge in [-0.1, -0.05) is 60.3 Å². The van der Waals surface area contributed by atoms with Crippen LogP contribution >= 0.6 is 23.2 Å². The van der Waals surface area contributed by atoms with Gasteiger partial charge in [0, 0.05) is 49.2 Å². The number of benzene rings is 2. The lowest BCUT2D eigenvalue weighted by Crippen LogP contribution is -2.52. The Labute approximate surface area is 211 Å². The van der Waals surface area contributed by atoms with Gasteiger partial charge >= 0.3 is 6.03 Å². The van der Waals surface area contributed by atoms with E-state index in [9.17, 15) is 9.59 Å². The normalized spacial score (nSPS) is 14.3. The van der Waals surface area contributed by atoms with E-state index in [1.165, 1.54) is 0 Å². The van der Waals surface area contributed by atoms with Crippen LogP contribution in [0.5, 0.6) is 0 Å². The third-order valence-electron chi connectivity index (χ3n) is 6.07. The van der Waals surface area contributed by atoms with E-state index < -0.39 is 0 Å². The Balaban J connectivity index is 1.48. The summed E-state index contributed by atoms with van der Waals surface area (Å²) in [7, 11) is 0. The number of carbonyl (C=O) groups excluding carboxylic acids is 2. The van der Waals surface area contributed by atoms with Crippen LogP contribution in [0.15, 0.2) is 48.5 Å². The zero-order chi connectivity index (χ0) is 24.3. The summed E-state index contributed by atoms with van der Waals surface area (Å²) >= 11 is 12.2. The number of carbonyl (C=O) groups is 2. The molecule has 0 unspecified atom stereocenters. The molecular formula is C25H32Cl2N4O3. The zero-order valence-electron chi connectivity index (χ0n) is 19.2. The number of hydrogen-bond donors (Lipinski definition) is 3. The van der Waals surface area contributed by atoms with E-state index >= 15 is 0 Å². The van der Waals surface area contributed by atoms with E-state index in [2.05, 4.69) is 34.5 Å². The predicted octanol–water partition coefficient (Wildman–Crippen LogP) is 4.87. The van der Waals surface area contributed by atoms with Crippen LogP contribution in [0.4, 0.5) is 4.79 Å². The van der Waals surface area contributed by atoms with E-state index in [0.717, 1.165) is 49.9 Å². The number of unbranched alkanes of at least 4 members (excludes halogenated alkanes) is 3. The topological polar surface area (TPSA) is 84.9 Å². The van der Waals surface area contributed by atoms with Crippen molar-refractivity contribution in [1.82, 2.24) is 20.6 Å². The van der Waals surface area contributed by atoms with E-state index in [1.807, 2.05) is 29.2 Å². The van der Waals surface area contributed by atoms with Gasteiger partial charge < -0.3 is 10.2 Å². The quantitative estimate of drug-likeness (QED) is 0.244. The standard InChI is InChI=1S/C25H32Cl2N4O3/c26-21-10-6-19(7-11-21)24(20-8-12-22(27)13-9-20)30-15-17-31(18-16-30)25(33)28-14-4-2-1-3-5-23(32)29-34/h6-13,24,34H,1-5,14-18H2,(H,28,33)(H,29,32). The van der Waals surface area contributed by atoms with Crippen molar-refractivity contribution < 1.29 is 14.8 Å². The number of rotatable bonds is 10. The second-order valence-electron chi connectivity index (χ2n) is 8.46. The maximum atomic E-state index is 12.6. The molecule has 3 rings (SSSR count). The molecule has 1 heterocycles. The van der Waals surface area contributed by atoms with Crippen molar-refractivity contribution in [2.45, 2.75) is 38.1 Å². The molecule has 1 aliphatic rings. The van der Waals surface area contributed by atoms with Crippen molar-refractivity contribution in [1.29, 1.82) is 0 Å². The maximum Gasteiger partial charge on any atom is 0.317 e. The first-order valence-electron chi connectivity index (χ1n) is 11.7. The first-order valence-corrected chi connectivity index (χ1v) is 12.4. The minimum Gasteiger partial charge on any atom is -0.338 e. The Morgan fingerprint density at radius 2 is 1.35 bits per heavy atom. The minimum atomic E-state index is -0.359. The highest BCUT2D eigenvalue weighted by Gasteiger charge is 2.28. The van der Waals surface area contributed by atoms with E-state index in [0.29, 0.717) is 36.1 Å². The second kappa shape index (κ2) is 13.5. The molecule has 34 heavy (non-hydrogen) atoms. The van der Waals surface area contributed by atoms with Crippen molar-refractivity contribution in [3.63, 3.8) is 0 Å². The summed E-state index contributed by atoms with van der Waals surface area (Å²) in [6.07, 6.45) is 3.72. The Hall–Kier alpha value is -2.32. The molecule has 3 amide bonds. The van der Waals surface area contributed by atoms with Crippen molar-refractivity contribution in [2.24, 2.45) is 0 Å². The number of halogens is 2. The Morgan fingerprint density at radius 1 is 0.824 bits per heavy atom. The third kappa shape index (κ3) is 7.87. The molecule has 1 fully saturated rings. The van der Waals surface area contributed by atoms with Gasteiger partial charge in [0.15, 0.2) is 0 Å². The van der Waals surface area contributed by atoms with Gasteiger partial charge in [0.2, 0.25) is 5.91 Å². The average molecular weight is 507 g/mol. The molecule has 0 saturated carbocycles. The summed E-state index contributed by atoms with van der Waals surface area (Å²) in [5.41, 5.74) is 3.94. The first kappa shape index (κ1) is 26.3. The lowest BCUT2D eigenvalue weighted by Gasteiger charge is -2.39. The lowest BCUT2D eigenvalue weighted by atomic mass is 9.96. The first-order chi connectivity index (χ1) is 16.5. The number of amides is 3. The fourth-order valence-corrected chi connectivity index (χ4v) is 4.47. The molecule has 184 valence electrons. The summed E-state index contributed by atoms with van der Waals surface area (Å²) < 4.78 is 0. The Kier molecular flexibility index (Phi) is 10.5. The van der Waals surface area contributed by atoms with Crippen molar-refractivity contribution in [3.8, 4) is 0 Å². The van der Waals surface area contributed by atoms with Crippen LogP contribution in [0.3, 0.4) is 0 Å². The van der Waals surface area contributed by atoms with Crippen LogP contribution in [-0.2, 0) is 4.79 Å². The van der Waals surface area contributed by atoms with E-state index in [4.69, 9.17) is 28.4 Å². The molecule has 1 saturated heterocycles. The number of piperazine rings is 1. The molecule has 0 radical (unpaired) electrons. The highest BCUT2D eigenvalue weighted by molar-refractivity contribution is 6.30. The Bertz CT molecular complexity index is 871. The number of urea groups is 1. The molecule has 1 aliphatic heterocycles. The highest BCUT2D eigenvalue weighted by Crippen LogP contribution is 2.31. The van der Waals surface area contributed by atoms with Crippen LogP contribution in [0, 0.1) is 0 Å². The summed E-state index contributed by atoms with van der Waals surface area (Å²) in [6, 6.07) is 15.9. The molecule has 7 nitrogen and oxygen atoms in total. The zero-order valence-corrected chi connectivity index (χ0v) is 20.7. The molecule has 3 N–H and O–H groups in total. The maximum absolute atomic E-state index is 12.6. The number of nitrogens with one attached hydrogen (secondary N) is 2. The van der Waals surface area contributed by atoms with Crippen LogP contribution in [0.25, 0.3) is 0 Å². The smallest absolute Gasteiger partial charge is 0.317 e. The largest absolute Gasteiger partial charge is 0.338 e. The number of hydroxylamine groups is 1. The third-order valence-corrected chi connectivity index (χ3v) is 6.57. The van der Waals surface area contributed by atoms with Gasteiger partial charge in [-0.2, -0.15) is 0 Å².